The molecule has 0 rings (SSSR count). The fraction of sp³-hybridized carbons (Fsp3) is 0.875. The van der Waals surface area contributed by atoms with Crippen LogP contribution in [0.15, 0.2) is 10.1 Å². The number of nitrogens with zero attached hydrogens (tertiary/aromatic N) is 3. The number of aliphatic imine (C=N–C) groups is 1. The number of rotatable bonds is 3. The minimum Gasteiger partial charge on any atom is -0.294 e. The lowest BCUT2D eigenvalue weighted by molar-refractivity contribution is 0.437. The first kappa shape index (κ1) is 14.0. The van der Waals surface area contributed by atoms with E-state index in [1.165, 1.54) is 0 Å². The van der Waals surface area contributed by atoms with Crippen molar-refractivity contribution in [3.05, 3.63) is 0 Å². The molecular weight excluding hydrogens is 174 g/mol. The van der Waals surface area contributed by atoms with Gasteiger partial charge >= 0.3 is 0 Å². The van der Waals surface area contributed by atoms with Crippen molar-refractivity contribution in [2.24, 2.45) is 10.1 Å². The van der Waals surface area contributed by atoms with Gasteiger partial charge in [0.05, 0.1) is 5.54 Å². The molecule has 0 aliphatic rings. The summed E-state index contributed by atoms with van der Waals surface area (Å²) in [6, 6.07) is 2.65. The van der Waals surface area contributed by atoms with Gasteiger partial charge in [0.2, 0.25) is 0 Å². The predicted molar refractivity (Wildman–Crippen MR) is 55.2 cm³/mol. The highest BCUT2D eigenvalue weighted by Crippen LogP contribution is 2.11. The Morgan fingerprint density at radius 1 is 1.33 bits per heavy atom. The van der Waals surface area contributed by atoms with Crippen LogP contribution in [0.4, 0.5) is 0 Å². The van der Waals surface area contributed by atoms with Gasteiger partial charge in [0.25, 0.3) is 0 Å². The summed E-state index contributed by atoms with van der Waals surface area (Å²) in [5, 5.41) is 5.55. The molecule has 0 saturated carbocycles. The van der Waals surface area contributed by atoms with E-state index in [4.69, 9.17) is 0 Å². The maximum Gasteiger partial charge on any atom is 0.115 e. The highest BCUT2D eigenvalue weighted by Gasteiger charge is 2.10. The van der Waals surface area contributed by atoms with E-state index >= 15 is 0 Å². The summed E-state index contributed by atoms with van der Waals surface area (Å²) < 4.78 is 0. The van der Waals surface area contributed by atoms with Crippen LogP contribution in [0.25, 0.3) is 0 Å². The molecule has 0 spiro atoms. The highest BCUT2D eigenvalue weighted by atomic mass is 35.5. The summed E-state index contributed by atoms with van der Waals surface area (Å²) in [6.45, 7) is 6.22. The van der Waals surface area contributed by atoms with Crippen LogP contribution in [0.1, 0.15) is 27.2 Å². The molecule has 3 nitrogen and oxygen atoms in total. The Morgan fingerprint density at radius 3 is 2.17 bits per heavy atom. The molecule has 0 atom stereocenters. The third-order valence-corrected chi connectivity index (χ3v) is 1.46. The first-order valence-electron chi connectivity index (χ1n) is 3.83. The van der Waals surface area contributed by atoms with Crippen molar-refractivity contribution in [3.8, 4) is 0 Å². The largest absolute Gasteiger partial charge is 0.294 e. The summed E-state index contributed by atoms with van der Waals surface area (Å²) in [5.74, 6) is 0. The molecule has 0 aromatic heterocycles. The molecule has 0 saturated heterocycles. The van der Waals surface area contributed by atoms with Crippen molar-refractivity contribution in [2.45, 2.75) is 32.7 Å². The van der Waals surface area contributed by atoms with E-state index in [1.807, 2.05) is 14.1 Å². The molecule has 4 heteroatoms. The Kier molecular flexibility index (Phi) is 7.05. The predicted octanol–water partition coefficient (Wildman–Crippen LogP) is 2.25. The molecule has 0 aliphatic carbocycles. The smallest absolute Gasteiger partial charge is 0.115 e. The van der Waals surface area contributed by atoms with E-state index in [0.29, 0.717) is 0 Å². The Labute approximate surface area is 81.0 Å². The molecule has 0 radical (unpaired) electrons. The molecule has 12 heavy (non-hydrogen) atoms. The molecule has 0 bridgehead atoms. The molecular formula is C8H18ClN3. The third kappa shape index (κ3) is 7.58. The normalized spacial score (nSPS) is 9.42. The van der Waals surface area contributed by atoms with E-state index < -0.39 is 0 Å². The average molecular weight is 192 g/mol. The standard InChI is InChI=1S/C8H17N3.ClH/c1-6-8(2,3)9-7-10-11(4)5;/h6H2,1-5H3;1H. The lowest BCUT2D eigenvalue weighted by Crippen LogP contribution is -2.13. The minimum atomic E-state index is -0.0283. The molecule has 0 fully saturated rings. The maximum absolute atomic E-state index is 4.16. The second kappa shape index (κ2) is 6.04. The Hall–Kier alpha value is -0.530. The zero-order valence-corrected chi connectivity index (χ0v) is 9.27. The Morgan fingerprint density at radius 2 is 1.83 bits per heavy atom. The number of hydrazone groups is 1. The average Bonchev–Trinajstić information content (AvgIpc) is 1.87. The summed E-state index contributed by atoms with van der Waals surface area (Å²) in [7, 11) is 3.70. The van der Waals surface area contributed by atoms with Crippen molar-refractivity contribution in [1.82, 2.24) is 5.01 Å². The van der Waals surface area contributed by atoms with Gasteiger partial charge in [-0.25, -0.2) is 4.99 Å². The second-order valence-corrected chi connectivity index (χ2v) is 3.33. The summed E-state index contributed by atoms with van der Waals surface area (Å²) in [4.78, 5) is 4.16. The molecule has 0 aromatic carbocycles. The molecule has 0 N–H and O–H groups in total. The molecule has 0 aliphatic heterocycles. The second-order valence-electron chi connectivity index (χ2n) is 3.33. The van der Waals surface area contributed by atoms with Crippen LogP contribution in [0.2, 0.25) is 0 Å². The van der Waals surface area contributed by atoms with Crippen LogP contribution in [0, 0.1) is 0 Å². The van der Waals surface area contributed by atoms with E-state index in [-0.39, 0.29) is 17.9 Å². The maximum atomic E-state index is 4.16. The minimum absolute atomic E-state index is 0. The van der Waals surface area contributed by atoms with E-state index in [0.717, 1.165) is 6.42 Å². The Balaban J connectivity index is 0. The fourth-order valence-corrected chi connectivity index (χ4v) is 0.326. The van der Waals surface area contributed by atoms with Crippen LogP contribution in [0.3, 0.4) is 0 Å². The van der Waals surface area contributed by atoms with Gasteiger partial charge in [-0.3, -0.25) is 5.01 Å². The number of halogens is 1. The van der Waals surface area contributed by atoms with Crippen LogP contribution in [-0.2, 0) is 0 Å². The fourth-order valence-electron chi connectivity index (χ4n) is 0.326. The number of hydrogen-bond donors (Lipinski definition) is 0. The molecule has 72 valence electrons. The number of hydrogen-bond acceptors (Lipinski definition) is 3. The highest BCUT2D eigenvalue weighted by molar-refractivity contribution is 5.85. The molecule has 0 amide bonds. The summed E-state index contributed by atoms with van der Waals surface area (Å²) in [5.41, 5.74) is -0.0283. The van der Waals surface area contributed by atoms with Crippen LogP contribution >= 0.6 is 12.4 Å². The van der Waals surface area contributed by atoms with Gasteiger partial charge in [0.15, 0.2) is 0 Å². The lowest BCUT2D eigenvalue weighted by Gasteiger charge is -2.13. The quantitative estimate of drug-likeness (QED) is 0.497. The van der Waals surface area contributed by atoms with Crippen LogP contribution in [-0.4, -0.2) is 30.7 Å². The zero-order valence-electron chi connectivity index (χ0n) is 8.46. The van der Waals surface area contributed by atoms with Crippen LogP contribution < -0.4 is 0 Å². The van der Waals surface area contributed by atoms with E-state index in [1.54, 1.807) is 5.01 Å². The summed E-state index contributed by atoms with van der Waals surface area (Å²) >= 11 is 0. The van der Waals surface area contributed by atoms with E-state index in [2.05, 4.69) is 36.9 Å². The van der Waals surface area contributed by atoms with Crippen molar-refractivity contribution >= 4 is 18.4 Å². The van der Waals surface area contributed by atoms with Crippen LogP contribution in [0.5, 0.6) is 0 Å². The topological polar surface area (TPSA) is 28.0 Å². The Bertz CT molecular complexity index is 169. The first-order valence-corrected chi connectivity index (χ1v) is 3.83. The molecule has 0 unspecified atom stereocenters. The lowest BCUT2D eigenvalue weighted by atomic mass is 10.0. The third-order valence-electron chi connectivity index (χ3n) is 1.46. The van der Waals surface area contributed by atoms with Crippen molar-refractivity contribution in [3.63, 3.8) is 0 Å². The molecule has 0 heterocycles. The van der Waals surface area contributed by atoms with Gasteiger partial charge in [0.1, 0.15) is 6.01 Å². The monoisotopic (exact) mass is 191 g/mol. The van der Waals surface area contributed by atoms with Gasteiger partial charge in [-0.15, -0.1) is 17.5 Å². The van der Waals surface area contributed by atoms with Gasteiger partial charge in [-0.2, -0.15) is 0 Å². The van der Waals surface area contributed by atoms with Crippen molar-refractivity contribution in [1.29, 1.82) is 0 Å². The van der Waals surface area contributed by atoms with Gasteiger partial charge < -0.3 is 0 Å². The van der Waals surface area contributed by atoms with Gasteiger partial charge in [-0.05, 0) is 20.3 Å². The van der Waals surface area contributed by atoms with E-state index in [9.17, 15) is 0 Å². The zero-order chi connectivity index (χ0) is 8.91. The summed E-state index contributed by atoms with van der Waals surface area (Å²) in [6.07, 6.45) is 1.00. The SMILES string of the molecule is CCC(C)(C)N=C=NN(C)C.Cl. The molecule has 0 aromatic rings. The van der Waals surface area contributed by atoms with Gasteiger partial charge in [0, 0.05) is 14.1 Å². The first-order chi connectivity index (χ1) is 4.98. The van der Waals surface area contributed by atoms with Crippen molar-refractivity contribution < 1.29 is 0 Å². The van der Waals surface area contributed by atoms with Crippen molar-refractivity contribution in [2.75, 3.05) is 14.1 Å². The van der Waals surface area contributed by atoms with Gasteiger partial charge in [-0.1, -0.05) is 6.92 Å².